The molecule has 1 aliphatic heterocycles. The van der Waals surface area contributed by atoms with Gasteiger partial charge in [0.15, 0.2) is 0 Å². The van der Waals surface area contributed by atoms with Crippen LogP contribution >= 0.6 is 11.6 Å². The summed E-state index contributed by atoms with van der Waals surface area (Å²) in [7, 11) is 0. The average molecular weight is 385 g/mol. The first-order valence-electron chi connectivity index (χ1n) is 8.08. The smallest absolute Gasteiger partial charge is 0.417 e. The predicted octanol–water partition coefficient (Wildman–Crippen LogP) is 4.44. The number of hydrogen-bond donors (Lipinski definition) is 0. The van der Waals surface area contributed by atoms with E-state index in [0.717, 1.165) is 6.07 Å². The van der Waals surface area contributed by atoms with E-state index in [0.29, 0.717) is 30.2 Å². The minimum atomic E-state index is -4.58. The van der Waals surface area contributed by atoms with Gasteiger partial charge in [0.2, 0.25) is 0 Å². The lowest BCUT2D eigenvalue weighted by molar-refractivity contribution is -0.138. The molecule has 0 spiro atoms. The van der Waals surface area contributed by atoms with E-state index in [9.17, 15) is 18.0 Å². The number of piperidine rings is 1. The van der Waals surface area contributed by atoms with Crippen LogP contribution < -0.4 is 4.74 Å². The number of rotatable bonds is 3. The van der Waals surface area contributed by atoms with Crippen LogP contribution in [0, 0.1) is 0 Å². The summed E-state index contributed by atoms with van der Waals surface area (Å²) in [5, 5.41) is 0.346. The Balaban J connectivity index is 1.76. The highest BCUT2D eigenvalue weighted by molar-refractivity contribution is 6.31. The fourth-order valence-corrected chi connectivity index (χ4v) is 3.11. The quantitative estimate of drug-likeness (QED) is 0.785. The van der Waals surface area contributed by atoms with Crippen LogP contribution in [0.15, 0.2) is 42.7 Å². The van der Waals surface area contributed by atoms with Gasteiger partial charge in [0.25, 0.3) is 5.91 Å². The fourth-order valence-electron chi connectivity index (χ4n) is 2.94. The van der Waals surface area contributed by atoms with Gasteiger partial charge in [-0.15, -0.1) is 0 Å². The zero-order valence-electron chi connectivity index (χ0n) is 13.7. The number of aromatic nitrogens is 1. The van der Waals surface area contributed by atoms with Gasteiger partial charge >= 0.3 is 6.18 Å². The van der Waals surface area contributed by atoms with Crippen LogP contribution in [0.3, 0.4) is 0 Å². The Bertz CT molecular complexity index is 798. The molecular formula is C18H16ClF3N2O2. The van der Waals surface area contributed by atoms with Gasteiger partial charge in [0.05, 0.1) is 17.7 Å². The second-order valence-corrected chi connectivity index (χ2v) is 6.39. The number of pyridine rings is 1. The number of likely N-dealkylation sites (tertiary alicyclic amines) is 1. The van der Waals surface area contributed by atoms with Crippen molar-refractivity contribution in [3.63, 3.8) is 0 Å². The summed E-state index contributed by atoms with van der Waals surface area (Å²) >= 11 is 6.02. The van der Waals surface area contributed by atoms with Crippen molar-refractivity contribution in [2.45, 2.75) is 25.1 Å². The second-order valence-electron chi connectivity index (χ2n) is 5.98. The van der Waals surface area contributed by atoms with Crippen molar-refractivity contribution >= 4 is 17.5 Å². The molecule has 0 radical (unpaired) electrons. The van der Waals surface area contributed by atoms with Gasteiger partial charge in [-0.1, -0.05) is 23.7 Å². The summed E-state index contributed by atoms with van der Waals surface area (Å²) in [6, 6.07) is 6.43. The minimum absolute atomic E-state index is 0.198. The Morgan fingerprint density at radius 2 is 2.04 bits per heavy atom. The number of benzene rings is 1. The highest BCUT2D eigenvalue weighted by atomic mass is 35.5. The van der Waals surface area contributed by atoms with Crippen LogP contribution in [-0.4, -0.2) is 35.0 Å². The third-order valence-corrected chi connectivity index (χ3v) is 4.44. The van der Waals surface area contributed by atoms with E-state index in [1.54, 1.807) is 6.07 Å². The van der Waals surface area contributed by atoms with Crippen molar-refractivity contribution in [1.29, 1.82) is 0 Å². The van der Waals surface area contributed by atoms with Crippen LogP contribution in [0.1, 0.15) is 28.8 Å². The number of hydrogen-bond acceptors (Lipinski definition) is 3. The minimum Gasteiger partial charge on any atom is -0.487 e. The van der Waals surface area contributed by atoms with Gasteiger partial charge in [0, 0.05) is 25.0 Å². The summed E-state index contributed by atoms with van der Waals surface area (Å²) in [5.41, 5.74) is -1.27. The average Bonchev–Trinajstić information content (AvgIpc) is 2.62. The topological polar surface area (TPSA) is 42.4 Å². The Kier molecular flexibility index (Phi) is 5.36. The first kappa shape index (κ1) is 18.5. The Labute approximate surface area is 153 Å². The lowest BCUT2D eigenvalue weighted by Gasteiger charge is -2.33. The highest BCUT2D eigenvalue weighted by Gasteiger charge is 2.36. The number of alkyl halides is 3. The molecule has 8 heteroatoms. The molecular weight excluding hydrogens is 369 g/mol. The molecule has 1 saturated heterocycles. The van der Waals surface area contributed by atoms with E-state index >= 15 is 0 Å². The van der Waals surface area contributed by atoms with Gasteiger partial charge in [0.1, 0.15) is 16.9 Å². The zero-order valence-corrected chi connectivity index (χ0v) is 14.4. The molecule has 1 fully saturated rings. The van der Waals surface area contributed by atoms with Crippen molar-refractivity contribution in [3.8, 4) is 5.75 Å². The van der Waals surface area contributed by atoms with Gasteiger partial charge in [-0.3, -0.25) is 9.78 Å². The standard InChI is InChI=1S/C18H16ClF3N2O2/c19-15-10-23-8-7-16(15)26-12-4-3-9-24(11-12)17(25)13-5-1-2-6-14(13)18(20,21)22/h1-2,5-8,10,12H,3-4,9,11H2/t12-/m1/s1. The molecule has 0 unspecified atom stereocenters. The molecule has 0 saturated carbocycles. The van der Waals surface area contributed by atoms with Gasteiger partial charge in [-0.05, 0) is 25.0 Å². The van der Waals surface area contributed by atoms with E-state index in [4.69, 9.17) is 16.3 Å². The summed E-state index contributed by atoms with van der Waals surface area (Å²) in [4.78, 5) is 17.9. The van der Waals surface area contributed by atoms with Crippen molar-refractivity contribution in [2.24, 2.45) is 0 Å². The Morgan fingerprint density at radius 1 is 1.27 bits per heavy atom. The van der Waals surface area contributed by atoms with E-state index in [1.807, 2.05) is 0 Å². The lowest BCUT2D eigenvalue weighted by Crippen LogP contribution is -2.44. The SMILES string of the molecule is O=C(c1ccccc1C(F)(F)F)N1CCC[C@@H](Oc2ccncc2Cl)C1. The molecule has 4 nitrogen and oxygen atoms in total. The van der Waals surface area contributed by atoms with Gasteiger partial charge in [-0.2, -0.15) is 13.2 Å². The maximum absolute atomic E-state index is 13.2. The first-order chi connectivity index (χ1) is 12.4. The van der Waals surface area contributed by atoms with E-state index < -0.39 is 17.6 Å². The summed E-state index contributed by atoms with van der Waals surface area (Å²) in [6.07, 6.45) is -0.626. The molecule has 0 bridgehead atoms. The molecule has 2 aromatic rings. The van der Waals surface area contributed by atoms with Crippen LogP contribution in [-0.2, 0) is 6.18 Å². The fraction of sp³-hybridized carbons (Fsp3) is 0.333. The second kappa shape index (κ2) is 7.53. The van der Waals surface area contributed by atoms with E-state index in [-0.39, 0.29) is 18.2 Å². The molecule has 1 atom stereocenters. The maximum Gasteiger partial charge on any atom is 0.417 e. The molecule has 1 aromatic heterocycles. The predicted molar refractivity (Wildman–Crippen MR) is 90.2 cm³/mol. The molecule has 1 amide bonds. The monoisotopic (exact) mass is 384 g/mol. The molecule has 26 heavy (non-hydrogen) atoms. The van der Waals surface area contributed by atoms with Crippen molar-refractivity contribution in [1.82, 2.24) is 9.88 Å². The molecule has 2 heterocycles. The molecule has 1 aliphatic rings. The third-order valence-electron chi connectivity index (χ3n) is 4.16. The van der Waals surface area contributed by atoms with Crippen molar-refractivity contribution in [3.05, 3.63) is 58.9 Å². The summed E-state index contributed by atoms with van der Waals surface area (Å²) in [6.45, 7) is 0.582. The van der Waals surface area contributed by atoms with Crippen LogP contribution in [0.25, 0.3) is 0 Å². The molecule has 0 aliphatic carbocycles. The maximum atomic E-state index is 13.2. The first-order valence-corrected chi connectivity index (χ1v) is 8.45. The third kappa shape index (κ3) is 4.09. The normalized spacial score (nSPS) is 17.8. The number of nitrogens with zero attached hydrogens (tertiary/aromatic N) is 2. The lowest BCUT2D eigenvalue weighted by atomic mass is 10.0. The van der Waals surface area contributed by atoms with E-state index in [1.165, 1.54) is 35.5 Å². The van der Waals surface area contributed by atoms with E-state index in [2.05, 4.69) is 4.98 Å². The van der Waals surface area contributed by atoms with Crippen molar-refractivity contribution < 1.29 is 22.7 Å². The van der Waals surface area contributed by atoms with Crippen LogP contribution in [0.4, 0.5) is 13.2 Å². The van der Waals surface area contributed by atoms with Gasteiger partial charge < -0.3 is 9.64 Å². The highest BCUT2D eigenvalue weighted by Crippen LogP contribution is 2.33. The number of carbonyl (C=O) groups excluding carboxylic acids is 1. The van der Waals surface area contributed by atoms with Crippen molar-refractivity contribution in [2.75, 3.05) is 13.1 Å². The molecule has 1 aromatic carbocycles. The largest absolute Gasteiger partial charge is 0.487 e. The molecule has 3 rings (SSSR count). The Hall–Kier alpha value is -2.28. The Morgan fingerprint density at radius 3 is 2.77 bits per heavy atom. The number of amides is 1. The van der Waals surface area contributed by atoms with Crippen LogP contribution in [0.5, 0.6) is 5.75 Å². The molecule has 138 valence electrons. The number of ether oxygens (including phenoxy) is 1. The number of carbonyl (C=O) groups is 1. The summed E-state index contributed by atoms with van der Waals surface area (Å²) < 4.78 is 45.3. The zero-order chi connectivity index (χ0) is 18.7. The van der Waals surface area contributed by atoms with Crippen LogP contribution in [0.2, 0.25) is 5.02 Å². The summed E-state index contributed by atoms with van der Waals surface area (Å²) in [5.74, 6) is -0.205. The van der Waals surface area contributed by atoms with Gasteiger partial charge in [-0.25, -0.2) is 0 Å². The molecule has 0 N–H and O–H groups in total. The number of halogens is 4.